The van der Waals surface area contributed by atoms with Crippen LogP contribution in [-0.2, 0) is 66.3 Å². The van der Waals surface area contributed by atoms with E-state index in [0.29, 0.717) is 91.6 Å². The Kier molecular flexibility index (Phi) is 41.1. The maximum Gasteiger partial charge on any atom is 0.187 e. The van der Waals surface area contributed by atoms with E-state index in [4.69, 9.17) is 66.3 Å². The van der Waals surface area contributed by atoms with Crippen molar-refractivity contribution in [1.29, 1.82) is 0 Å². The van der Waals surface area contributed by atoms with Crippen LogP contribution in [0.3, 0.4) is 0 Å². The molecule has 0 radical (unpaired) electrons. The second-order valence-corrected chi connectivity index (χ2v) is 36.3. The lowest BCUT2D eigenvalue weighted by molar-refractivity contribution is -0.394. The number of hydrogen-bond acceptors (Lipinski definition) is 42. The van der Waals surface area contributed by atoms with Crippen molar-refractivity contribution in [3.8, 4) is 0 Å². The van der Waals surface area contributed by atoms with E-state index in [-0.39, 0.29) is 45.8 Å². The predicted octanol–water partition coefficient (Wildman–Crippen LogP) is -11.7. The van der Waals surface area contributed by atoms with Gasteiger partial charge in [0, 0.05) is 137 Å². The molecule has 0 aliphatic carbocycles. The van der Waals surface area contributed by atoms with Crippen LogP contribution in [0, 0.1) is 0 Å². The first-order chi connectivity index (χ1) is 55.9. The number of likely N-dealkylation sites (N-methyl/N-ethyl adjacent to an activating group) is 14. The van der Waals surface area contributed by atoms with Crippen molar-refractivity contribution in [3.63, 3.8) is 0 Å². The van der Waals surface area contributed by atoms with Gasteiger partial charge in [0.25, 0.3) is 0 Å². The lowest BCUT2D eigenvalue weighted by Crippen LogP contribution is -2.69. The SMILES string of the molecule is CN(C)CCN(C)C[C@@H]1O[C@@H]2O[C@H]3[C@H](O)[C@@H](O)[C@@H](O[C@H]4[C@H](O)[C@H](O)[C@@H](O[C@H]5[C@@H](O)[C@H](O)[C@@H](O[C@H]6[C@H](O)[C@@H](O)[C@@H](O[C@H]7[C@H](O)[C@@H](O)[C@@H](O[C@H]8[C@H](O)[C@@H](O)[C@@H](O[C@H]1[C@H](O)[C@H]2O)O[C@H]8CN(C)CCN(C)C)O[C@@H]7CN(C)CCN(C)C)O[C@@H]6CN(C)CCN(C)C)O[C@@H]5CN(C)CCN(C)C)O[C@@H]4CN(C)CCN(C)C)O[C@H]3CN(C)CCN(C)C. The minimum Gasteiger partial charge on any atom is -0.387 e. The van der Waals surface area contributed by atoms with Crippen LogP contribution in [0.15, 0.2) is 0 Å². The number of rotatable bonds is 35. The first-order valence-electron chi connectivity index (χ1n) is 41.9. The molecule has 0 amide bonds. The van der Waals surface area contributed by atoms with Crippen LogP contribution in [-0.4, -0.2) is 640 Å². The van der Waals surface area contributed by atoms with E-state index in [1.807, 2.05) is 167 Å². The van der Waals surface area contributed by atoms with E-state index < -0.39 is 215 Å². The average Bonchev–Trinajstić information content (AvgIpc) is 0.831. The molecule has 21 fully saturated rings. The molecule has 21 aliphatic heterocycles. The van der Waals surface area contributed by atoms with Crippen LogP contribution in [0.5, 0.6) is 0 Å². The van der Waals surface area contributed by atoms with E-state index >= 15 is 0 Å². The first-order valence-corrected chi connectivity index (χ1v) is 41.9. The van der Waals surface area contributed by atoms with Gasteiger partial charge in [-0.1, -0.05) is 0 Å². The third kappa shape index (κ3) is 28.9. The molecule has 21 rings (SSSR count). The summed E-state index contributed by atoms with van der Waals surface area (Å²) in [4.78, 5) is 26.8. The molecule has 119 heavy (non-hydrogen) atoms. The zero-order valence-corrected chi connectivity index (χ0v) is 74.3. The van der Waals surface area contributed by atoms with Gasteiger partial charge in [-0.2, -0.15) is 0 Å². The number of ether oxygens (including phenoxy) is 14. The van der Waals surface area contributed by atoms with Crippen LogP contribution >= 0.6 is 0 Å². The van der Waals surface area contributed by atoms with Gasteiger partial charge in [-0.05, 0) is 148 Å². The summed E-state index contributed by atoms with van der Waals surface area (Å²) in [7, 11) is 39.0. The standard InChI is InChI=1S/C77H154N14O28/c1-78(2)22-29-85(15)36-43-64-50(92)57(99)71(106-43)114-65-44(37-86(16)30-23-79(3)4)108-73(59(101)52(65)94)116-67-46(39-88(18)32-25-81(7)8)110-75(61(103)54(67)96)118-69-48(41-90(20)34-27-83(11)12)112-77(63(105)56(69)98)119-70-49(42-91(21)35-28-84(13)14)111-76(62(104)55(70)97)117-68-47(40-89(19)33-26-82(9)10)109-74(60(102)53(68)95)115-66-45(38-87(17)31-24-80(5)6)107-72(113-64)58(100)51(66)93/h43-77,92-105H,22-42H2,1-21H3/t43-,44-,45-,46-,47+,48+,49+,50+,51-,52-,53-,54-,55-,56-,57+,58+,59-,60-,61-,62-,63-,64-,65-,66-,67-,68-,69-,70-,71-,72-,73-,74-,75-,76-,77-/m1/s1. The summed E-state index contributed by atoms with van der Waals surface area (Å²) in [5.41, 5.74) is 0. The highest BCUT2D eigenvalue weighted by atomic mass is 16.8. The molecular weight excluding hydrogens is 1570 g/mol. The van der Waals surface area contributed by atoms with Gasteiger partial charge < -0.3 is 206 Å². The van der Waals surface area contributed by atoms with Crippen molar-refractivity contribution in [2.45, 2.75) is 215 Å². The molecule has 21 saturated heterocycles. The number of aliphatic hydroxyl groups is 14. The van der Waals surface area contributed by atoms with Gasteiger partial charge in [-0.3, -0.25) is 0 Å². The summed E-state index contributed by atoms with van der Waals surface area (Å²) in [6.07, 6.45) is -60.7. The predicted molar refractivity (Wildman–Crippen MR) is 431 cm³/mol. The molecule has 0 aromatic carbocycles. The second-order valence-electron chi connectivity index (χ2n) is 36.3. The third-order valence-electron chi connectivity index (χ3n) is 23.5. The molecule has 21 heterocycles. The molecule has 21 aliphatic rings. The first kappa shape index (κ1) is 103. The molecule has 700 valence electrons. The Morgan fingerprint density at radius 2 is 0.244 bits per heavy atom. The van der Waals surface area contributed by atoms with Crippen molar-refractivity contribution in [2.75, 3.05) is 285 Å². The van der Waals surface area contributed by atoms with Gasteiger partial charge in [0.1, 0.15) is 171 Å². The molecule has 0 spiro atoms. The summed E-state index contributed by atoms with van der Waals surface area (Å²) in [5, 5.41) is 176. The Morgan fingerprint density at radius 3 is 0.336 bits per heavy atom. The van der Waals surface area contributed by atoms with Gasteiger partial charge in [-0.15, -0.1) is 0 Å². The summed E-state index contributed by atoms with van der Waals surface area (Å²) in [6, 6.07) is 0. The van der Waals surface area contributed by atoms with Crippen molar-refractivity contribution in [3.05, 3.63) is 0 Å². The van der Waals surface area contributed by atoms with Crippen LogP contribution in [0.2, 0.25) is 0 Å². The van der Waals surface area contributed by atoms with Gasteiger partial charge in [0.2, 0.25) is 0 Å². The zero-order chi connectivity index (χ0) is 88.0. The van der Waals surface area contributed by atoms with E-state index in [1.54, 1.807) is 49.3 Å². The van der Waals surface area contributed by atoms with Gasteiger partial charge in [-0.25, -0.2) is 0 Å². The summed E-state index contributed by atoms with van der Waals surface area (Å²) < 4.78 is 93.5. The Labute approximate surface area is 704 Å². The fraction of sp³-hybridized carbons (Fsp3) is 1.00. The van der Waals surface area contributed by atoms with E-state index in [0.717, 1.165) is 0 Å². The summed E-state index contributed by atoms with van der Waals surface area (Å²) >= 11 is 0. The van der Waals surface area contributed by atoms with Crippen molar-refractivity contribution in [1.82, 2.24) is 68.6 Å². The van der Waals surface area contributed by atoms with E-state index in [2.05, 4.69) is 0 Å². The number of hydrogen-bond donors (Lipinski definition) is 14. The van der Waals surface area contributed by atoms with E-state index in [1.165, 1.54) is 0 Å². The Morgan fingerprint density at radius 1 is 0.143 bits per heavy atom. The maximum atomic E-state index is 12.7. The molecule has 42 heteroatoms. The minimum atomic E-state index is -2.03. The molecule has 14 N–H and O–H groups in total. The molecule has 42 nitrogen and oxygen atoms in total. The van der Waals surface area contributed by atoms with Crippen molar-refractivity contribution < 1.29 is 138 Å². The quantitative estimate of drug-likeness (QED) is 0.0280. The monoisotopic (exact) mass is 1720 g/mol. The minimum absolute atomic E-state index is 0.0396. The summed E-state index contributed by atoms with van der Waals surface area (Å²) in [5.74, 6) is 0. The van der Waals surface area contributed by atoms with Crippen LogP contribution in [0.4, 0.5) is 0 Å². The molecule has 0 aromatic rings. The highest BCUT2D eigenvalue weighted by molar-refractivity contribution is 5.04. The topological polar surface area (TPSA) is 458 Å². The highest BCUT2D eigenvalue weighted by Gasteiger charge is 2.60. The van der Waals surface area contributed by atoms with Gasteiger partial charge in [0.05, 0.1) is 0 Å². The smallest absolute Gasteiger partial charge is 0.187 e. The zero-order valence-electron chi connectivity index (χ0n) is 74.3. The van der Waals surface area contributed by atoms with Crippen LogP contribution in [0.25, 0.3) is 0 Å². The Bertz CT molecular complexity index is 2360. The van der Waals surface area contributed by atoms with Crippen molar-refractivity contribution >= 4 is 0 Å². The number of nitrogens with zero attached hydrogens (tertiary/aromatic N) is 14. The second kappa shape index (κ2) is 47.6. The van der Waals surface area contributed by atoms with Gasteiger partial charge >= 0.3 is 0 Å². The molecule has 0 saturated carbocycles. The molecule has 0 aromatic heterocycles. The van der Waals surface area contributed by atoms with Gasteiger partial charge in [0.15, 0.2) is 44.0 Å². The fourth-order valence-corrected chi connectivity index (χ4v) is 15.8. The van der Waals surface area contributed by atoms with Crippen LogP contribution < -0.4 is 0 Å². The average molecular weight is 1720 g/mol. The van der Waals surface area contributed by atoms with E-state index in [9.17, 15) is 71.5 Å². The Hall–Kier alpha value is -1.68. The Balaban J connectivity index is 1.26. The van der Waals surface area contributed by atoms with Crippen LogP contribution in [0.1, 0.15) is 0 Å². The molecule has 14 bridgehead atoms. The third-order valence-corrected chi connectivity index (χ3v) is 23.5. The lowest BCUT2D eigenvalue weighted by atomic mass is 9.94. The molecular formula is C77H154N14O28. The van der Waals surface area contributed by atoms with Crippen molar-refractivity contribution in [2.24, 2.45) is 0 Å². The molecule has 0 unspecified atom stereocenters. The number of aliphatic hydroxyl groups excluding tert-OH is 14. The fourth-order valence-electron chi connectivity index (χ4n) is 15.8. The highest BCUT2D eigenvalue weighted by Crippen LogP contribution is 2.40. The molecule has 35 atom stereocenters. The largest absolute Gasteiger partial charge is 0.387 e. The summed E-state index contributed by atoms with van der Waals surface area (Å²) in [6.45, 7) is 6.61. The normalized spacial score (nSPS) is 40.8. The lowest BCUT2D eigenvalue weighted by Gasteiger charge is -2.51. The maximum absolute atomic E-state index is 12.7.